The zero-order chi connectivity index (χ0) is 13.1. The highest BCUT2D eigenvalue weighted by Crippen LogP contribution is 2.21. The molecule has 0 spiro atoms. The summed E-state index contributed by atoms with van der Waals surface area (Å²) < 4.78 is 5.44. The minimum absolute atomic E-state index is 0. The average Bonchev–Trinajstić information content (AvgIpc) is 3.13. The molecule has 1 aliphatic carbocycles. The first-order valence-corrected chi connectivity index (χ1v) is 7.74. The molecule has 3 rings (SSSR count). The number of guanidine groups is 1. The van der Waals surface area contributed by atoms with Crippen LogP contribution in [0.3, 0.4) is 0 Å². The Balaban J connectivity index is 0.00000147. The molecule has 0 bridgehead atoms. The first-order valence-electron chi connectivity index (χ1n) is 7.74. The molecule has 116 valence electrons. The minimum atomic E-state index is 0. The number of ether oxygens (including phenoxy) is 1. The smallest absolute Gasteiger partial charge is 0.194 e. The van der Waals surface area contributed by atoms with E-state index >= 15 is 0 Å². The van der Waals surface area contributed by atoms with Crippen molar-refractivity contribution < 1.29 is 4.74 Å². The Hall–Kier alpha value is -0.0800. The van der Waals surface area contributed by atoms with Crippen LogP contribution >= 0.6 is 24.0 Å². The Kier molecular flexibility index (Phi) is 6.35. The molecule has 5 nitrogen and oxygen atoms in total. The number of aliphatic imine (C=N–C) groups is 1. The second kappa shape index (κ2) is 7.79. The van der Waals surface area contributed by atoms with E-state index in [-0.39, 0.29) is 24.0 Å². The van der Waals surface area contributed by atoms with Crippen molar-refractivity contribution >= 4 is 29.9 Å². The summed E-state index contributed by atoms with van der Waals surface area (Å²) in [6.07, 6.45) is 3.88. The lowest BCUT2D eigenvalue weighted by Crippen LogP contribution is -2.47. The van der Waals surface area contributed by atoms with Gasteiger partial charge < -0.3 is 15.0 Å². The molecule has 2 aliphatic heterocycles. The van der Waals surface area contributed by atoms with Crippen molar-refractivity contribution in [2.24, 2.45) is 4.99 Å². The molecule has 1 N–H and O–H groups in total. The number of rotatable bonds is 3. The number of morpholine rings is 1. The van der Waals surface area contributed by atoms with Gasteiger partial charge in [-0.15, -0.1) is 24.0 Å². The molecule has 20 heavy (non-hydrogen) atoms. The number of likely N-dealkylation sites (tertiary alicyclic amines) is 1. The fourth-order valence-corrected chi connectivity index (χ4v) is 2.97. The van der Waals surface area contributed by atoms with Gasteiger partial charge in [0.1, 0.15) is 0 Å². The molecule has 0 aromatic carbocycles. The van der Waals surface area contributed by atoms with Crippen molar-refractivity contribution in [3.63, 3.8) is 0 Å². The number of nitrogens with zero attached hydrogens (tertiary/aromatic N) is 3. The number of nitrogens with one attached hydrogen (secondary N) is 1. The van der Waals surface area contributed by atoms with Crippen LogP contribution in [-0.4, -0.2) is 73.8 Å². The van der Waals surface area contributed by atoms with E-state index in [4.69, 9.17) is 4.74 Å². The van der Waals surface area contributed by atoms with E-state index in [1.807, 2.05) is 0 Å². The summed E-state index contributed by atoms with van der Waals surface area (Å²) in [4.78, 5) is 9.69. The SMILES string of the molecule is CCN=C(NC1CC1)N1CCC(N2CCOCC2)C1.I. The van der Waals surface area contributed by atoms with Crippen LogP contribution in [0.5, 0.6) is 0 Å². The Bertz CT molecular complexity index is 329. The van der Waals surface area contributed by atoms with Gasteiger partial charge in [-0.3, -0.25) is 9.89 Å². The highest BCUT2D eigenvalue weighted by atomic mass is 127. The van der Waals surface area contributed by atoms with Crippen molar-refractivity contribution in [2.75, 3.05) is 45.9 Å². The van der Waals surface area contributed by atoms with Crippen molar-refractivity contribution in [1.82, 2.24) is 15.1 Å². The molecular formula is C14H27IN4O. The van der Waals surface area contributed by atoms with E-state index in [9.17, 15) is 0 Å². The molecule has 0 amide bonds. The average molecular weight is 394 g/mol. The maximum atomic E-state index is 5.44. The second-order valence-electron chi connectivity index (χ2n) is 5.75. The molecule has 1 saturated carbocycles. The lowest BCUT2D eigenvalue weighted by Gasteiger charge is -2.32. The molecule has 6 heteroatoms. The zero-order valence-electron chi connectivity index (χ0n) is 12.4. The molecule has 2 saturated heterocycles. The van der Waals surface area contributed by atoms with E-state index in [2.05, 4.69) is 27.0 Å². The quantitative estimate of drug-likeness (QED) is 0.443. The van der Waals surface area contributed by atoms with Crippen molar-refractivity contribution in [2.45, 2.75) is 38.3 Å². The van der Waals surface area contributed by atoms with Gasteiger partial charge in [0.25, 0.3) is 0 Å². The van der Waals surface area contributed by atoms with Gasteiger partial charge in [-0.1, -0.05) is 0 Å². The topological polar surface area (TPSA) is 40.1 Å². The molecule has 0 aromatic heterocycles. The minimum Gasteiger partial charge on any atom is -0.379 e. The van der Waals surface area contributed by atoms with Gasteiger partial charge in [-0.05, 0) is 26.2 Å². The van der Waals surface area contributed by atoms with E-state index in [0.717, 1.165) is 51.9 Å². The normalized spacial score (nSPS) is 28.4. The van der Waals surface area contributed by atoms with E-state index in [1.165, 1.54) is 19.3 Å². The Morgan fingerprint density at radius 3 is 2.60 bits per heavy atom. The summed E-state index contributed by atoms with van der Waals surface area (Å²) in [6.45, 7) is 9.22. The lowest BCUT2D eigenvalue weighted by molar-refractivity contribution is 0.0195. The van der Waals surface area contributed by atoms with E-state index < -0.39 is 0 Å². The van der Waals surface area contributed by atoms with Crippen LogP contribution < -0.4 is 5.32 Å². The zero-order valence-corrected chi connectivity index (χ0v) is 14.7. The van der Waals surface area contributed by atoms with Crippen LogP contribution in [-0.2, 0) is 4.74 Å². The lowest BCUT2D eigenvalue weighted by atomic mass is 10.2. The van der Waals surface area contributed by atoms with Gasteiger partial charge in [0.15, 0.2) is 5.96 Å². The van der Waals surface area contributed by atoms with Crippen molar-refractivity contribution in [3.8, 4) is 0 Å². The largest absolute Gasteiger partial charge is 0.379 e. The van der Waals surface area contributed by atoms with Gasteiger partial charge in [0.05, 0.1) is 13.2 Å². The number of hydrogen-bond acceptors (Lipinski definition) is 3. The standard InChI is InChI=1S/C14H26N4O.HI/c1-2-15-14(16-12-3-4-12)18-6-5-13(11-18)17-7-9-19-10-8-17;/h12-13H,2-11H2,1H3,(H,15,16);1H. The van der Waals surface area contributed by atoms with Crippen molar-refractivity contribution in [1.29, 1.82) is 0 Å². The number of hydrogen-bond donors (Lipinski definition) is 1. The third-order valence-electron chi connectivity index (χ3n) is 4.24. The third kappa shape index (κ3) is 4.21. The van der Waals surface area contributed by atoms with Crippen LogP contribution in [0.1, 0.15) is 26.2 Å². The highest BCUT2D eigenvalue weighted by molar-refractivity contribution is 14.0. The Labute approximate surface area is 139 Å². The Morgan fingerprint density at radius 2 is 1.95 bits per heavy atom. The molecule has 2 heterocycles. The highest BCUT2D eigenvalue weighted by Gasteiger charge is 2.32. The molecule has 3 aliphatic rings. The number of halogens is 1. The summed E-state index contributed by atoms with van der Waals surface area (Å²) >= 11 is 0. The third-order valence-corrected chi connectivity index (χ3v) is 4.24. The van der Waals surface area contributed by atoms with Crippen molar-refractivity contribution in [3.05, 3.63) is 0 Å². The first kappa shape index (κ1) is 16.3. The maximum absolute atomic E-state index is 5.44. The van der Waals surface area contributed by atoms with E-state index in [1.54, 1.807) is 0 Å². The van der Waals surface area contributed by atoms with Gasteiger partial charge in [0.2, 0.25) is 0 Å². The predicted octanol–water partition coefficient (Wildman–Crippen LogP) is 1.14. The second-order valence-corrected chi connectivity index (χ2v) is 5.75. The summed E-state index contributed by atoms with van der Waals surface area (Å²) in [5, 5.41) is 3.59. The van der Waals surface area contributed by atoms with E-state index in [0.29, 0.717) is 12.1 Å². The summed E-state index contributed by atoms with van der Waals surface area (Å²) in [5.41, 5.74) is 0. The predicted molar refractivity (Wildman–Crippen MR) is 91.9 cm³/mol. The fourth-order valence-electron chi connectivity index (χ4n) is 2.97. The van der Waals surface area contributed by atoms with Gasteiger partial charge in [-0.2, -0.15) is 0 Å². The van der Waals surface area contributed by atoms with Crippen LogP contribution in [0.15, 0.2) is 4.99 Å². The van der Waals surface area contributed by atoms with Gasteiger partial charge in [0, 0.05) is 44.8 Å². The van der Waals surface area contributed by atoms with Gasteiger partial charge >= 0.3 is 0 Å². The molecule has 3 fully saturated rings. The summed E-state index contributed by atoms with van der Waals surface area (Å²) in [6, 6.07) is 1.37. The summed E-state index contributed by atoms with van der Waals surface area (Å²) in [7, 11) is 0. The molecule has 0 aromatic rings. The maximum Gasteiger partial charge on any atom is 0.194 e. The summed E-state index contributed by atoms with van der Waals surface area (Å²) in [5.74, 6) is 1.14. The fraction of sp³-hybridized carbons (Fsp3) is 0.929. The first-order chi connectivity index (χ1) is 9.36. The molecule has 0 radical (unpaired) electrons. The van der Waals surface area contributed by atoms with Crippen LogP contribution in [0.2, 0.25) is 0 Å². The van der Waals surface area contributed by atoms with Crippen LogP contribution in [0.25, 0.3) is 0 Å². The Morgan fingerprint density at radius 1 is 1.20 bits per heavy atom. The van der Waals surface area contributed by atoms with Crippen LogP contribution in [0, 0.1) is 0 Å². The monoisotopic (exact) mass is 394 g/mol. The molecule has 1 unspecified atom stereocenters. The van der Waals surface area contributed by atoms with Gasteiger partial charge in [-0.25, -0.2) is 0 Å². The molecular weight excluding hydrogens is 367 g/mol. The van der Waals surface area contributed by atoms with Crippen LogP contribution in [0.4, 0.5) is 0 Å². The molecule has 1 atom stereocenters.